The minimum atomic E-state index is -2.92. The SMILES string of the molecule is CCCCCNC[C@@H](O)[C@H](Cc1ccccc1)NC(=O)c1cc(NCC)cc(N2CCCCS2(O)O)c1.Cl. The molecule has 0 spiro atoms. The molecule has 38 heavy (non-hydrogen) atoms. The van der Waals surface area contributed by atoms with Gasteiger partial charge in [-0.1, -0.05) is 50.1 Å². The fraction of sp³-hybridized carbons (Fsp3) is 0.536. The summed E-state index contributed by atoms with van der Waals surface area (Å²) in [6, 6.07) is 14.7. The van der Waals surface area contributed by atoms with E-state index in [1.165, 1.54) is 0 Å². The highest BCUT2D eigenvalue weighted by atomic mass is 35.5. The quantitative estimate of drug-likeness (QED) is 0.171. The number of hydrogen-bond donors (Lipinski definition) is 6. The molecule has 1 aliphatic rings. The summed E-state index contributed by atoms with van der Waals surface area (Å²) in [5.74, 6) is 0.0248. The molecule has 1 aliphatic heterocycles. The summed E-state index contributed by atoms with van der Waals surface area (Å²) in [7, 11) is -2.92. The maximum atomic E-state index is 13.5. The number of carbonyl (C=O) groups excluding carboxylic acids is 1. The van der Waals surface area contributed by atoms with Gasteiger partial charge in [0, 0.05) is 30.9 Å². The summed E-state index contributed by atoms with van der Waals surface area (Å²) < 4.78 is 23.0. The zero-order valence-electron chi connectivity index (χ0n) is 22.6. The van der Waals surface area contributed by atoms with Gasteiger partial charge in [-0.05, 0) is 62.9 Å². The topological polar surface area (TPSA) is 117 Å². The van der Waals surface area contributed by atoms with Gasteiger partial charge in [-0.3, -0.25) is 18.2 Å². The minimum Gasteiger partial charge on any atom is -0.390 e. The van der Waals surface area contributed by atoms with Crippen LogP contribution in [0.2, 0.25) is 0 Å². The van der Waals surface area contributed by atoms with Crippen LogP contribution in [-0.2, 0) is 6.42 Å². The number of anilines is 2. The number of aliphatic hydroxyl groups is 1. The van der Waals surface area contributed by atoms with Gasteiger partial charge in [-0.2, -0.15) is 0 Å². The first-order valence-electron chi connectivity index (χ1n) is 13.5. The zero-order chi connectivity index (χ0) is 26.7. The highest BCUT2D eigenvalue weighted by Gasteiger charge is 2.28. The lowest BCUT2D eigenvalue weighted by Crippen LogP contribution is -2.49. The Morgan fingerprint density at radius 2 is 1.84 bits per heavy atom. The van der Waals surface area contributed by atoms with Crippen molar-refractivity contribution < 1.29 is 19.0 Å². The molecule has 0 unspecified atom stereocenters. The van der Waals surface area contributed by atoms with Gasteiger partial charge in [-0.25, -0.2) is 0 Å². The molecule has 10 heteroatoms. The molecule has 2 atom stereocenters. The number of benzene rings is 2. The second-order valence-corrected chi connectivity index (χ2v) is 11.8. The van der Waals surface area contributed by atoms with Gasteiger partial charge in [0.15, 0.2) is 0 Å². The predicted octanol–water partition coefficient (Wildman–Crippen LogP) is 5.29. The Morgan fingerprint density at radius 3 is 2.53 bits per heavy atom. The van der Waals surface area contributed by atoms with Crippen LogP contribution in [0.3, 0.4) is 0 Å². The number of hydrogen-bond acceptors (Lipinski definition) is 7. The molecule has 0 aromatic heterocycles. The smallest absolute Gasteiger partial charge is 0.251 e. The summed E-state index contributed by atoms with van der Waals surface area (Å²) in [5.41, 5.74) is 2.79. The fourth-order valence-corrected chi connectivity index (χ4v) is 6.27. The van der Waals surface area contributed by atoms with Crippen LogP contribution in [0.15, 0.2) is 48.5 Å². The molecule has 2 aromatic rings. The van der Waals surface area contributed by atoms with E-state index >= 15 is 0 Å². The molecule has 0 saturated carbocycles. The molecule has 1 fully saturated rings. The van der Waals surface area contributed by atoms with Crippen LogP contribution in [0.5, 0.6) is 0 Å². The van der Waals surface area contributed by atoms with E-state index in [9.17, 15) is 19.0 Å². The fourth-order valence-electron chi connectivity index (χ4n) is 4.59. The molecule has 2 aromatic carbocycles. The second kappa shape index (κ2) is 16.2. The standard InChI is InChI=1S/C28H44N4O4S.ClH/c1-3-5-9-14-29-21-27(33)26(17-22-12-7-6-8-13-22)31-28(34)23-18-24(30-4-2)20-25(19-23)32-15-10-11-16-37(32,35)36;/h6-8,12-13,18-20,26-27,29-30,33,35-36H,3-5,9-11,14-17,21H2,1-2H3,(H,31,34);1H/t26-,27+;/m0./s1. The molecule has 3 rings (SSSR count). The van der Waals surface area contributed by atoms with Crippen molar-refractivity contribution in [1.29, 1.82) is 0 Å². The normalized spacial score (nSPS) is 17.1. The Kier molecular flexibility index (Phi) is 13.7. The van der Waals surface area contributed by atoms with E-state index in [0.717, 1.165) is 49.9 Å². The van der Waals surface area contributed by atoms with E-state index in [2.05, 4.69) is 22.9 Å². The Bertz CT molecular complexity index is 983. The van der Waals surface area contributed by atoms with Gasteiger partial charge < -0.3 is 21.1 Å². The number of halogens is 1. The molecule has 1 amide bonds. The lowest BCUT2D eigenvalue weighted by Gasteiger charge is -2.47. The number of nitrogens with zero attached hydrogens (tertiary/aromatic N) is 1. The van der Waals surface area contributed by atoms with Gasteiger partial charge in [-0.15, -0.1) is 23.2 Å². The summed E-state index contributed by atoms with van der Waals surface area (Å²) in [5, 5.41) is 20.7. The Labute approximate surface area is 235 Å². The van der Waals surface area contributed by atoms with Crippen molar-refractivity contribution in [3.8, 4) is 0 Å². The molecule has 0 bridgehead atoms. The lowest BCUT2D eigenvalue weighted by atomic mass is 10.00. The van der Waals surface area contributed by atoms with Gasteiger partial charge in [0.25, 0.3) is 5.91 Å². The van der Waals surface area contributed by atoms with E-state index in [-0.39, 0.29) is 18.3 Å². The maximum Gasteiger partial charge on any atom is 0.251 e. The van der Waals surface area contributed by atoms with Crippen LogP contribution in [0, 0.1) is 0 Å². The van der Waals surface area contributed by atoms with Crippen LogP contribution < -0.4 is 20.3 Å². The van der Waals surface area contributed by atoms with Crippen molar-refractivity contribution in [2.24, 2.45) is 0 Å². The highest BCUT2D eigenvalue weighted by Crippen LogP contribution is 2.50. The summed E-state index contributed by atoms with van der Waals surface area (Å²) in [6.07, 6.45) is 4.68. The maximum absolute atomic E-state index is 13.5. The van der Waals surface area contributed by atoms with E-state index in [0.29, 0.717) is 43.1 Å². The van der Waals surface area contributed by atoms with E-state index in [1.54, 1.807) is 16.4 Å². The van der Waals surface area contributed by atoms with Crippen LogP contribution >= 0.6 is 23.2 Å². The van der Waals surface area contributed by atoms with Crippen molar-refractivity contribution in [3.05, 3.63) is 59.7 Å². The summed E-state index contributed by atoms with van der Waals surface area (Å²) in [6.45, 7) is 6.54. The lowest BCUT2D eigenvalue weighted by molar-refractivity contribution is 0.0830. The highest BCUT2D eigenvalue weighted by molar-refractivity contribution is 8.25. The van der Waals surface area contributed by atoms with E-state index < -0.39 is 22.9 Å². The summed E-state index contributed by atoms with van der Waals surface area (Å²) >= 11 is 0. The van der Waals surface area contributed by atoms with Gasteiger partial charge in [0.1, 0.15) is 0 Å². The van der Waals surface area contributed by atoms with Crippen LogP contribution in [0.1, 0.15) is 61.9 Å². The number of unbranched alkanes of at least 4 members (excludes halogenated alkanes) is 2. The molecule has 214 valence electrons. The molecule has 0 aliphatic carbocycles. The molecule has 6 N–H and O–H groups in total. The van der Waals surface area contributed by atoms with Crippen molar-refractivity contribution in [2.75, 3.05) is 41.6 Å². The second-order valence-electron chi connectivity index (χ2n) is 9.69. The largest absolute Gasteiger partial charge is 0.390 e. The number of rotatable bonds is 14. The van der Waals surface area contributed by atoms with Crippen molar-refractivity contribution >= 4 is 40.5 Å². The third-order valence-electron chi connectivity index (χ3n) is 6.62. The van der Waals surface area contributed by atoms with Gasteiger partial charge in [0.05, 0.1) is 23.6 Å². The van der Waals surface area contributed by atoms with Crippen LogP contribution in [-0.4, -0.2) is 64.2 Å². The molecule has 0 radical (unpaired) electrons. The third kappa shape index (κ3) is 9.63. The Balaban J connectivity index is 0.00000507. The van der Waals surface area contributed by atoms with Crippen LogP contribution in [0.4, 0.5) is 11.4 Å². The molecule has 8 nitrogen and oxygen atoms in total. The molecule has 1 heterocycles. The number of aliphatic hydroxyl groups excluding tert-OH is 1. The molecular weight excluding hydrogens is 524 g/mol. The summed E-state index contributed by atoms with van der Waals surface area (Å²) in [4.78, 5) is 13.5. The Hall–Kier alpha value is -2.01. The van der Waals surface area contributed by atoms with Gasteiger partial charge >= 0.3 is 0 Å². The minimum absolute atomic E-state index is 0. The van der Waals surface area contributed by atoms with Gasteiger partial charge in [0.2, 0.25) is 0 Å². The number of amides is 1. The third-order valence-corrected chi connectivity index (χ3v) is 8.56. The van der Waals surface area contributed by atoms with Crippen molar-refractivity contribution in [2.45, 2.75) is 64.5 Å². The first-order chi connectivity index (χ1) is 17.8. The van der Waals surface area contributed by atoms with E-state index in [1.807, 2.05) is 43.3 Å². The predicted molar refractivity (Wildman–Crippen MR) is 162 cm³/mol. The monoisotopic (exact) mass is 568 g/mol. The number of nitrogens with one attached hydrogen (secondary N) is 3. The van der Waals surface area contributed by atoms with Crippen LogP contribution in [0.25, 0.3) is 0 Å². The molecule has 1 saturated heterocycles. The first-order valence-corrected chi connectivity index (χ1v) is 15.2. The molecular formula is C28H45ClN4O4S. The van der Waals surface area contributed by atoms with Crippen molar-refractivity contribution in [1.82, 2.24) is 10.6 Å². The Morgan fingerprint density at radius 1 is 1.08 bits per heavy atom. The van der Waals surface area contributed by atoms with Crippen molar-refractivity contribution in [3.63, 3.8) is 0 Å². The first kappa shape index (κ1) is 32.2. The average molecular weight is 569 g/mol. The zero-order valence-corrected chi connectivity index (χ0v) is 24.2. The average Bonchev–Trinajstić information content (AvgIpc) is 2.88. The van der Waals surface area contributed by atoms with E-state index in [4.69, 9.17) is 0 Å². The number of carbonyl (C=O) groups is 1.